The van der Waals surface area contributed by atoms with Gasteiger partial charge in [0.1, 0.15) is 6.54 Å². The summed E-state index contributed by atoms with van der Waals surface area (Å²) in [6.45, 7) is -0.185. The number of nitrogens with one attached hydrogen (secondary N) is 1. The van der Waals surface area contributed by atoms with Crippen LogP contribution in [0.15, 0.2) is 39.9 Å². The second-order valence-corrected chi connectivity index (χ2v) is 5.33. The number of ether oxygens (including phenoxy) is 1. The predicted molar refractivity (Wildman–Crippen MR) is 82.8 cm³/mol. The van der Waals surface area contributed by atoms with Crippen molar-refractivity contribution in [2.45, 2.75) is 6.54 Å². The van der Waals surface area contributed by atoms with Crippen LogP contribution >= 0.6 is 27.5 Å². The molecule has 6 nitrogen and oxygen atoms in total. The molecule has 0 spiro atoms. The van der Waals surface area contributed by atoms with Gasteiger partial charge < -0.3 is 10.1 Å². The summed E-state index contributed by atoms with van der Waals surface area (Å²) in [7, 11) is 1.32. The molecule has 0 saturated carbocycles. The number of rotatable bonds is 4. The van der Waals surface area contributed by atoms with E-state index >= 15 is 0 Å². The van der Waals surface area contributed by atoms with Crippen LogP contribution in [-0.2, 0) is 11.3 Å². The molecule has 2 rings (SSSR count). The van der Waals surface area contributed by atoms with Crippen LogP contribution in [0.3, 0.4) is 0 Å². The molecule has 0 bridgehead atoms. The van der Waals surface area contributed by atoms with Crippen LogP contribution in [-0.4, -0.2) is 22.6 Å². The molecule has 0 unspecified atom stereocenters. The van der Waals surface area contributed by atoms with E-state index in [0.29, 0.717) is 5.69 Å². The Morgan fingerprint density at radius 1 is 1.43 bits per heavy atom. The number of amides is 1. The Hall–Kier alpha value is -1.86. The first-order valence-corrected chi connectivity index (χ1v) is 7.02. The maximum absolute atomic E-state index is 12.0. The topological polar surface area (TPSA) is 73.2 Å². The number of benzene rings is 1. The number of halogens is 2. The lowest BCUT2D eigenvalue weighted by Crippen LogP contribution is -2.28. The molecule has 110 valence electrons. The maximum atomic E-state index is 12.0. The molecule has 0 radical (unpaired) electrons. The lowest BCUT2D eigenvalue weighted by molar-refractivity contribution is -0.116. The Morgan fingerprint density at radius 2 is 2.10 bits per heavy atom. The standard InChI is InChI=1S/C13H11BrClN3O3/c1-21-11-12(15)16-7-18(13(11)20)6-10(19)17-9-4-2-8(14)3-5-9/h2-5,7H,6H2,1H3,(H,17,19). The lowest BCUT2D eigenvalue weighted by Gasteiger charge is -2.09. The molecule has 1 aromatic heterocycles. The number of hydrogen-bond donors (Lipinski definition) is 1. The third-order valence-electron chi connectivity index (χ3n) is 2.60. The van der Waals surface area contributed by atoms with Gasteiger partial charge in [0.25, 0.3) is 5.56 Å². The van der Waals surface area contributed by atoms with Crippen LogP contribution in [0.2, 0.25) is 5.15 Å². The number of carbonyl (C=O) groups is 1. The monoisotopic (exact) mass is 371 g/mol. The Morgan fingerprint density at radius 3 is 2.71 bits per heavy atom. The van der Waals surface area contributed by atoms with Gasteiger partial charge in [0, 0.05) is 10.2 Å². The summed E-state index contributed by atoms with van der Waals surface area (Å²) in [5.74, 6) is -0.443. The number of nitrogens with zero attached hydrogens (tertiary/aromatic N) is 2. The molecule has 1 aromatic carbocycles. The van der Waals surface area contributed by atoms with Crippen LogP contribution in [0.25, 0.3) is 0 Å². The highest BCUT2D eigenvalue weighted by Gasteiger charge is 2.12. The molecular formula is C13H11BrClN3O3. The van der Waals surface area contributed by atoms with Gasteiger partial charge in [-0.1, -0.05) is 27.5 Å². The van der Waals surface area contributed by atoms with E-state index in [1.807, 2.05) is 0 Å². The van der Waals surface area contributed by atoms with Gasteiger partial charge in [-0.3, -0.25) is 14.2 Å². The highest BCUT2D eigenvalue weighted by Crippen LogP contribution is 2.15. The predicted octanol–water partition coefficient (Wildman–Crippen LogP) is 2.31. The van der Waals surface area contributed by atoms with E-state index in [0.717, 1.165) is 9.04 Å². The zero-order chi connectivity index (χ0) is 15.4. The summed E-state index contributed by atoms with van der Waals surface area (Å²) in [5, 5.41) is 2.64. The minimum absolute atomic E-state index is 0.0351. The van der Waals surface area contributed by atoms with E-state index in [2.05, 4.69) is 26.2 Å². The van der Waals surface area contributed by atoms with E-state index < -0.39 is 5.56 Å². The second kappa shape index (κ2) is 6.73. The van der Waals surface area contributed by atoms with Crippen LogP contribution in [0, 0.1) is 0 Å². The minimum atomic E-state index is -0.511. The van der Waals surface area contributed by atoms with Crippen molar-refractivity contribution in [1.29, 1.82) is 0 Å². The molecule has 1 amide bonds. The summed E-state index contributed by atoms with van der Waals surface area (Å²) in [6, 6.07) is 7.08. The molecule has 0 aliphatic heterocycles. The SMILES string of the molecule is COc1c(Cl)ncn(CC(=O)Nc2ccc(Br)cc2)c1=O. The number of aromatic nitrogens is 2. The van der Waals surface area contributed by atoms with Gasteiger partial charge in [-0.05, 0) is 24.3 Å². The van der Waals surface area contributed by atoms with E-state index in [1.165, 1.54) is 13.4 Å². The molecule has 21 heavy (non-hydrogen) atoms. The first kappa shape index (κ1) is 15.5. The van der Waals surface area contributed by atoms with Crippen molar-refractivity contribution >= 4 is 39.1 Å². The molecule has 8 heteroatoms. The largest absolute Gasteiger partial charge is 0.489 e. The Balaban J connectivity index is 2.13. The van der Waals surface area contributed by atoms with Crippen LogP contribution in [0.1, 0.15) is 0 Å². The quantitative estimate of drug-likeness (QED) is 0.836. The van der Waals surface area contributed by atoms with Crippen molar-refractivity contribution in [3.05, 3.63) is 50.6 Å². The van der Waals surface area contributed by atoms with Crippen molar-refractivity contribution in [2.75, 3.05) is 12.4 Å². The van der Waals surface area contributed by atoms with E-state index in [9.17, 15) is 9.59 Å². The Labute approximate surface area is 133 Å². The normalized spacial score (nSPS) is 10.2. The molecule has 0 fully saturated rings. The third kappa shape index (κ3) is 3.83. The molecule has 0 aliphatic rings. The van der Waals surface area contributed by atoms with E-state index in [4.69, 9.17) is 16.3 Å². The van der Waals surface area contributed by atoms with Gasteiger partial charge in [0.15, 0.2) is 5.15 Å². The van der Waals surface area contributed by atoms with E-state index in [1.54, 1.807) is 24.3 Å². The van der Waals surface area contributed by atoms with Crippen LogP contribution in [0.4, 0.5) is 5.69 Å². The average molecular weight is 373 g/mol. The van der Waals surface area contributed by atoms with Gasteiger partial charge in [0.2, 0.25) is 11.7 Å². The van der Waals surface area contributed by atoms with Gasteiger partial charge in [-0.15, -0.1) is 0 Å². The van der Waals surface area contributed by atoms with Crippen LogP contribution in [0.5, 0.6) is 5.75 Å². The van der Waals surface area contributed by atoms with Crippen molar-refractivity contribution in [3.8, 4) is 5.75 Å². The van der Waals surface area contributed by atoms with Crippen molar-refractivity contribution in [3.63, 3.8) is 0 Å². The minimum Gasteiger partial charge on any atom is -0.489 e. The Kier molecular flexibility index (Phi) is 4.98. The highest BCUT2D eigenvalue weighted by molar-refractivity contribution is 9.10. The molecule has 1 heterocycles. The third-order valence-corrected chi connectivity index (χ3v) is 3.40. The van der Waals surface area contributed by atoms with Crippen molar-refractivity contribution < 1.29 is 9.53 Å². The summed E-state index contributed by atoms with van der Waals surface area (Å²) >= 11 is 9.03. The maximum Gasteiger partial charge on any atom is 0.297 e. The fourth-order valence-corrected chi connectivity index (χ4v) is 2.09. The first-order chi connectivity index (χ1) is 10.0. The first-order valence-electron chi connectivity index (χ1n) is 5.85. The highest BCUT2D eigenvalue weighted by atomic mass is 79.9. The summed E-state index contributed by atoms with van der Waals surface area (Å²) in [4.78, 5) is 27.7. The lowest BCUT2D eigenvalue weighted by atomic mass is 10.3. The van der Waals surface area contributed by atoms with Crippen molar-refractivity contribution in [2.24, 2.45) is 0 Å². The zero-order valence-corrected chi connectivity index (χ0v) is 13.3. The summed E-state index contributed by atoms with van der Waals surface area (Å²) < 4.78 is 6.89. The number of anilines is 1. The fourth-order valence-electron chi connectivity index (χ4n) is 1.62. The number of methoxy groups -OCH3 is 1. The van der Waals surface area contributed by atoms with Gasteiger partial charge in [0.05, 0.1) is 13.4 Å². The smallest absolute Gasteiger partial charge is 0.297 e. The Bertz CT molecular complexity index is 716. The molecule has 0 atom stereocenters. The van der Waals surface area contributed by atoms with Crippen LogP contribution < -0.4 is 15.6 Å². The molecule has 0 aliphatic carbocycles. The molecule has 1 N–H and O–H groups in total. The fraction of sp³-hybridized carbons (Fsp3) is 0.154. The second-order valence-electron chi connectivity index (χ2n) is 4.06. The number of hydrogen-bond acceptors (Lipinski definition) is 4. The van der Waals surface area contributed by atoms with Crippen molar-refractivity contribution in [1.82, 2.24) is 9.55 Å². The molecular weight excluding hydrogens is 362 g/mol. The average Bonchev–Trinajstić information content (AvgIpc) is 2.45. The van der Waals surface area contributed by atoms with Gasteiger partial charge >= 0.3 is 0 Å². The molecule has 0 saturated heterocycles. The van der Waals surface area contributed by atoms with E-state index in [-0.39, 0.29) is 23.4 Å². The number of carbonyl (C=O) groups excluding carboxylic acids is 1. The van der Waals surface area contributed by atoms with Gasteiger partial charge in [-0.25, -0.2) is 4.98 Å². The summed E-state index contributed by atoms with van der Waals surface area (Å²) in [6.07, 6.45) is 1.20. The molecule has 2 aromatic rings. The zero-order valence-electron chi connectivity index (χ0n) is 11.0. The summed E-state index contributed by atoms with van der Waals surface area (Å²) in [5.41, 5.74) is 0.119. The van der Waals surface area contributed by atoms with Gasteiger partial charge in [-0.2, -0.15) is 0 Å².